The van der Waals surface area contributed by atoms with Gasteiger partial charge in [-0.15, -0.1) is 0 Å². The quantitative estimate of drug-likeness (QED) is 0.457. The lowest BCUT2D eigenvalue weighted by atomic mass is 9.81. The highest BCUT2D eigenvalue weighted by Gasteiger charge is 2.21. The van der Waals surface area contributed by atoms with Gasteiger partial charge in [-0.3, -0.25) is 0 Å². The summed E-state index contributed by atoms with van der Waals surface area (Å²) in [4.78, 5) is 0. The van der Waals surface area contributed by atoms with Gasteiger partial charge in [-0.1, -0.05) is 59.3 Å². The molecule has 0 saturated heterocycles. The smallest absolute Gasteiger partial charge is 0.000516 e. The largest absolute Gasteiger partial charge is 0.330 e. The normalized spacial score (nSPS) is 12.0. The van der Waals surface area contributed by atoms with Crippen molar-refractivity contribution in [2.45, 2.75) is 85.0 Å². The predicted octanol–water partition coefficient (Wildman–Crippen LogP) is 4.48. The summed E-state index contributed by atoms with van der Waals surface area (Å²) in [6.45, 7) is 10.3. The average molecular weight is 271 g/mol. The molecular formula is C17H38N2. The molecule has 2 heteroatoms. The van der Waals surface area contributed by atoms with Gasteiger partial charge in [0.2, 0.25) is 0 Å². The maximum atomic E-state index is 5.49. The van der Waals surface area contributed by atoms with Crippen LogP contribution in [0.15, 0.2) is 0 Å². The third-order valence-electron chi connectivity index (χ3n) is 4.07. The van der Waals surface area contributed by atoms with E-state index < -0.39 is 0 Å². The Hall–Kier alpha value is -0.0800. The summed E-state index contributed by atoms with van der Waals surface area (Å²) in [5, 5.41) is 3.68. The maximum Gasteiger partial charge on any atom is 0.000516 e. The molecule has 0 aromatic rings. The summed E-state index contributed by atoms with van der Waals surface area (Å²) in [5.41, 5.74) is 6.01. The Morgan fingerprint density at radius 1 is 0.842 bits per heavy atom. The van der Waals surface area contributed by atoms with Crippen molar-refractivity contribution in [1.29, 1.82) is 0 Å². The second-order valence-electron chi connectivity index (χ2n) is 6.40. The van der Waals surface area contributed by atoms with Crippen LogP contribution in [0.2, 0.25) is 0 Å². The SMILES string of the molecule is CCCC(C)(CCC)CNCCCCCCCCN. The minimum absolute atomic E-state index is 0.518. The van der Waals surface area contributed by atoms with Crippen LogP contribution in [-0.4, -0.2) is 19.6 Å². The minimum atomic E-state index is 0.518. The molecule has 0 heterocycles. The lowest BCUT2D eigenvalue weighted by molar-refractivity contribution is 0.252. The van der Waals surface area contributed by atoms with E-state index in [1.165, 1.54) is 77.3 Å². The monoisotopic (exact) mass is 270 g/mol. The predicted molar refractivity (Wildman–Crippen MR) is 87.5 cm³/mol. The van der Waals surface area contributed by atoms with Crippen molar-refractivity contribution in [3.8, 4) is 0 Å². The molecule has 0 spiro atoms. The van der Waals surface area contributed by atoms with E-state index in [4.69, 9.17) is 5.73 Å². The molecule has 19 heavy (non-hydrogen) atoms. The molecule has 0 aliphatic rings. The fraction of sp³-hybridized carbons (Fsp3) is 1.00. The molecule has 0 atom stereocenters. The molecule has 3 N–H and O–H groups in total. The van der Waals surface area contributed by atoms with Gasteiger partial charge < -0.3 is 11.1 Å². The van der Waals surface area contributed by atoms with E-state index in [2.05, 4.69) is 26.1 Å². The van der Waals surface area contributed by atoms with Crippen LogP contribution >= 0.6 is 0 Å². The lowest BCUT2D eigenvalue weighted by Gasteiger charge is -2.29. The minimum Gasteiger partial charge on any atom is -0.330 e. The van der Waals surface area contributed by atoms with E-state index in [0.29, 0.717) is 5.41 Å². The van der Waals surface area contributed by atoms with Crippen molar-refractivity contribution >= 4 is 0 Å². The van der Waals surface area contributed by atoms with Crippen LogP contribution in [0.25, 0.3) is 0 Å². The second-order valence-corrected chi connectivity index (χ2v) is 6.40. The van der Waals surface area contributed by atoms with Crippen LogP contribution in [0, 0.1) is 5.41 Å². The molecule has 0 aromatic heterocycles. The molecule has 0 aromatic carbocycles. The van der Waals surface area contributed by atoms with E-state index in [-0.39, 0.29) is 0 Å². The highest BCUT2D eigenvalue weighted by atomic mass is 14.9. The van der Waals surface area contributed by atoms with Crippen molar-refractivity contribution in [2.75, 3.05) is 19.6 Å². The number of nitrogens with two attached hydrogens (primary N) is 1. The first-order valence-electron chi connectivity index (χ1n) is 8.59. The third-order valence-corrected chi connectivity index (χ3v) is 4.07. The number of rotatable bonds is 14. The van der Waals surface area contributed by atoms with Crippen LogP contribution in [0.5, 0.6) is 0 Å². The van der Waals surface area contributed by atoms with Crippen LogP contribution in [0.4, 0.5) is 0 Å². The number of hydrogen-bond donors (Lipinski definition) is 2. The topological polar surface area (TPSA) is 38.0 Å². The van der Waals surface area contributed by atoms with Crippen LogP contribution in [0.1, 0.15) is 85.0 Å². The van der Waals surface area contributed by atoms with Gasteiger partial charge >= 0.3 is 0 Å². The highest BCUT2D eigenvalue weighted by molar-refractivity contribution is 4.76. The standard InChI is InChI=1S/C17H38N2/c1-4-12-17(3,13-5-2)16-19-15-11-9-7-6-8-10-14-18/h19H,4-16,18H2,1-3H3. The molecule has 0 radical (unpaired) electrons. The van der Waals surface area contributed by atoms with Crippen LogP contribution < -0.4 is 11.1 Å². The first kappa shape index (κ1) is 18.9. The van der Waals surface area contributed by atoms with Crippen molar-refractivity contribution in [2.24, 2.45) is 11.1 Å². The Bertz CT molecular complexity index is 174. The van der Waals surface area contributed by atoms with E-state index in [0.717, 1.165) is 6.54 Å². The first-order chi connectivity index (χ1) is 9.18. The Morgan fingerprint density at radius 2 is 1.37 bits per heavy atom. The molecule has 0 bridgehead atoms. The van der Waals surface area contributed by atoms with Gasteiger partial charge in [-0.05, 0) is 44.2 Å². The van der Waals surface area contributed by atoms with Crippen molar-refractivity contribution < 1.29 is 0 Å². The molecule has 0 fully saturated rings. The number of hydrogen-bond acceptors (Lipinski definition) is 2. The molecule has 0 unspecified atom stereocenters. The van der Waals surface area contributed by atoms with Gasteiger partial charge in [-0.25, -0.2) is 0 Å². The van der Waals surface area contributed by atoms with E-state index in [1.54, 1.807) is 0 Å². The van der Waals surface area contributed by atoms with Gasteiger partial charge in [0.15, 0.2) is 0 Å². The summed E-state index contributed by atoms with van der Waals surface area (Å²) >= 11 is 0. The number of nitrogens with one attached hydrogen (secondary N) is 1. The van der Waals surface area contributed by atoms with Gasteiger partial charge in [0.25, 0.3) is 0 Å². The molecular weight excluding hydrogens is 232 g/mol. The van der Waals surface area contributed by atoms with E-state index in [9.17, 15) is 0 Å². The zero-order valence-electron chi connectivity index (χ0n) is 13.8. The van der Waals surface area contributed by atoms with Gasteiger partial charge in [0, 0.05) is 6.54 Å². The Labute approximate surface area is 121 Å². The zero-order chi connectivity index (χ0) is 14.4. The molecule has 0 aliphatic heterocycles. The molecule has 2 nitrogen and oxygen atoms in total. The Kier molecular flexibility index (Phi) is 12.9. The van der Waals surface area contributed by atoms with E-state index >= 15 is 0 Å². The Balaban J connectivity index is 3.44. The molecule has 0 saturated carbocycles. The second kappa shape index (κ2) is 12.9. The Morgan fingerprint density at radius 3 is 1.89 bits per heavy atom. The molecule has 0 rings (SSSR count). The fourth-order valence-electron chi connectivity index (χ4n) is 3.00. The maximum absolute atomic E-state index is 5.49. The number of unbranched alkanes of at least 4 members (excludes halogenated alkanes) is 5. The summed E-state index contributed by atoms with van der Waals surface area (Å²) in [7, 11) is 0. The third kappa shape index (κ3) is 11.4. The first-order valence-corrected chi connectivity index (χ1v) is 8.59. The van der Waals surface area contributed by atoms with Gasteiger partial charge in [-0.2, -0.15) is 0 Å². The molecule has 116 valence electrons. The molecule has 0 amide bonds. The van der Waals surface area contributed by atoms with E-state index in [1.807, 2.05) is 0 Å². The van der Waals surface area contributed by atoms with Crippen molar-refractivity contribution in [3.63, 3.8) is 0 Å². The van der Waals surface area contributed by atoms with Crippen LogP contribution in [-0.2, 0) is 0 Å². The zero-order valence-corrected chi connectivity index (χ0v) is 13.8. The van der Waals surface area contributed by atoms with Gasteiger partial charge in [0.1, 0.15) is 0 Å². The lowest BCUT2D eigenvalue weighted by Crippen LogP contribution is -2.32. The van der Waals surface area contributed by atoms with Gasteiger partial charge in [0.05, 0.1) is 0 Å². The van der Waals surface area contributed by atoms with Crippen LogP contribution in [0.3, 0.4) is 0 Å². The summed E-state index contributed by atoms with van der Waals surface area (Å²) < 4.78 is 0. The summed E-state index contributed by atoms with van der Waals surface area (Å²) in [6, 6.07) is 0. The van der Waals surface area contributed by atoms with Crippen molar-refractivity contribution in [1.82, 2.24) is 5.32 Å². The summed E-state index contributed by atoms with van der Waals surface area (Å²) in [6.07, 6.45) is 13.3. The van der Waals surface area contributed by atoms with Crippen molar-refractivity contribution in [3.05, 3.63) is 0 Å². The molecule has 0 aliphatic carbocycles. The highest BCUT2D eigenvalue weighted by Crippen LogP contribution is 2.28. The average Bonchev–Trinajstić information content (AvgIpc) is 2.37. The fourth-order valence-corrected chi connectivity index (χ4v) is 3.00. The summed E-state index contributed by atoms with van der Waals surface area (Å²) in [5.74, 6) is 0.